The number of carbonyl (C=O) groups excluding carboxylic acids is 1. The van der Waals surface area contributed by atoms with Gasteiger partial charge in [0.25, 0.3) is 0 Å². The number of carbonyl (C=O) groups is 1. The van der Waals surface area contributed by atoms with Gasteiger partial charge in [0.05, 0.1) is 19.2 Å². The standard InChI is InChI=1S/C9H10N2O3/c1-13-8-6(3-2-4-10-8)7-5-11-9(12)14-7/h2-4,7H,5H2,1H3,(H,11,12). The molecule has 1 aromatic rings. The van der Waals surface area contributed by atoms with Crippen molar-refractivity contribution in [2.75, 3.05) is 13.7 Å². The van der Waals surface area contributed by atoms with Crippen molar-refractivity contribution < 1.29 is 14.3 Å². The fourth-order valence-corrected chi connectivity index (χ4v) is 1.38. The van der Waals surface area contributed by atoms with E-state index in [1.165, 1.54) is 7.11 Å². The molecule has 1 amide bonds. The van der Waals surface area contributed by atoms with Gasteiger partial charge in [0, 0.05) is 6.20 Å². The molecule has 5 nitrogen and oxygen atoms in total. The monoisotopic (exact) mass is 194 g/mol. The molecule has 14 heavy (non-hydrogen) atoms. The Kier molecular flexibility index (Phi) is 2.22. The molecule has 1 N–H and O–H groups in total. The molecule has 1 fully saturated rings. The summed E-state index contributed by atoms with van der Waals surface area (Å²) in [5.41, 5.74) is 0.786. The molecule has 0 bridgehead atoms. The molecule has 2 heterocycles. The molecule has 0 aliphatic carbocycles. The molecule has 1 aliphatic rings. The highest BCUT2D eigenvalue weighted by Gasteiger charge is 2.26. The van der Waals surface area contributed by atoms with Gasteiger partial charge in [-0.3, -0.25) is 0 Å². The summed E-state index contributed by atoms with van der Waals surface area (Å²) in [6, 6.07) is 3.61. The second kappa shape index (κ2) is 3.53. The fourth-order valence-electron chi connectivity index (χ4n) is 1.38. The first-order chi connectivity index (χ1) is 6.81. The Bertz CT molecular complexity index is 354. The van der Waals surface area contributed by atoms with E-state index in [-0.39, 0.29) is 6.10 Å². The number of ether oxygens (including phenoxy) is 2. The highest BCUT2D eigenvalue weighted by atomic mass is 16.6. The molecule has 1 aliphatic heterocycles. The van der Waals surface area contributed by atoms with E-state index >= 15 is 0 Å². The number of cyclic esters (lactones) is 1. The highest BCUT2D eigenvalue weighted by Crippen LogP contribution is 2.27. The summed E-state index contributed by atoms with van der Waals surface area (Å²) in [7, 11) is 1.54. The molecule has 0 saturated carbocycles. The van der Waals surface area contributed by atoms with Crippen LogP contribution in [-0.4, -0.2) is 24.7 Å². The summed E-state index contributed by atoms with van der Waals surface area (Å²) in [6.45, 7) is 0.459. The van der Waals surface area contributed by atoms with Crippen molar-refractivity contribution >= 4 is 6.09 Å². The second-order valence-electron chi connectivity index (χ2n) is 2.88. The number of nitrogens with one attached hydrogen (secondary N) is 1. The average Bonchev–Trinajstić information content (AvgIpc) is 2.65. The number of methoxy groups -OCH3 is 1. The molecule has 1 saturated heterocycles. The first-order valence-corrected chi connectivity index (χ1v) is 4.24. The van der Waals surface area contributed by atoms with Crippen LogP contribution in [0.15, 0.2) is 18.3 Å². The normalized spacial score (nSPS) is 20.1. The van der Waals surface area contributed by atoms with Gasteiger partial charge in [-0.05, 0) is 12.1 Å². The Balaban J connectivity index is 2.27. The number of amides is 1. The Morgan fingerprint density at radius 3 is 3.21 bits per heavy atom. The first kappa shape index (κ1) is 8.80. The molecular weight excluding hydrogens is 184 g/mol. The minimum Gasteiger partial charge on any atom is -0.481 e. The van der Waals surface area contributed by atoms with Gasteiger partial charge >= 0.3 is 6.09 Å². The minimum atomic E-state index is -0.402. The Labute approximate surface area is 81.0 Å². The molecule has 0 spiro atoms. The predicted molar refractivity (Wildman–Crippen MR) is 48.0 cm³/mol. The Morgan fingerprint density at radius 2 is 2.57 bits per heavy atom. The van der Waals surface area contributed by atoms with Crippen LogP contribution in [0, 0.1) is 0 Å². The third kappa shape index (κ3) is 1.48. The van der Waals surface area contributed by atoms with Gasteiger partial charge in [-0.1, -0.05) is 0 Å². The number of rotatable bonds is 2. The molecule has 0 radical (unpaired) electrons. The molecule has 1 atom stereocenters. The zero-order chi connectivity index (χ0) is 9.97. The van der Waals surface area contributed by atoms with Crippen molar-refractivity contribution in [1.82, 2.24) is 10.3 Å². The van der Waals surface area contributed by atoms with Crippen molar-refractivity contribution in [1.29, 1.82) is 0 Å². The quantitative estimate of drug-likeness (QED) is 0.758. The van der Waals surface area contributed by atoms with Crippen LogP contribution in [-0.2, 0) is 4.74 Å². The van der Waals surface area contributed by atoms with Crippen LogP contribution in [0.3, 0.4) is 0 Å². The van der Waals surface area contributed by atoms with Gasteiger partial charge in [-0.2, -0.15) is 0 Å². The van der Waals surface area contributed by atoms with E-state index in [9.17, 15) is 4.79 Å². The van der Waals surface area contributed by atoms with Crippen LogP contribution in [0.2, 0.25) is 0 Å². The zero-order valence-electron chi connectivity index (χ0n) is 7.69. The summed E-state index contributed by atoms with van der Waals surface area (Å²) < 4.78 is 10.1. The van der Waals surface area contributed by atoms with Gasteiger partial charge in [0.2, 0.25) is 5.88 Å². The lowest BCUT2D eigenvalue weighted by Gasteiger charge is -2.10. The van der Waals surface area contributed by atoms with Crippen molar-refractivity contribution in [2.45, 2.75) is 6.10 Å². The van der Waals surface area contributed by atoms with Crippen LogP contribution >= 0.6 is 0 Å². The zero-order valence-corrected chi connectivity index (χ0v) is 7.69. The number of hydrogen-bond donors (Lipinski definition) is 1. The maximum Gasteiger partial charge on any atom is 0.407 e. The molecule has 5 heteroatoms. The van der Waals surface area contributed by atoms with Crippen LogP contribution in [0.4, 0.5) is 4.79 Å². The average molecular weight is 194 g/mol. The van der Waals surface area contributed by atoms with Crippen LogP contribution in [0.25, 0.3) is 0 Å². The highest BCUT2D eigenvalue weighted by molar-refractivity contribution is 5.69. The molecule has 74 valence electrons. The third-order valence-corrected chi connectivity index (χ3v) is 2.02. The van der Waals surface area contributed by atoms with Crippen molar-refractivity contribution in [3.63, 3.8) is 0 Å². The largest absolute Gasteiger partial charge is 0.481 e. The Hall–Kier alpha value is -1.78. The smallest absolute Gasteiger partial charge is 0.407 e. The van der Waals surface area contributed by atoms with Gasteiger partial charge < -0.3 is 14.8 Å². The molecular formula is C9H10N2O3. The molecule has 0 aromatic carbocycles. The lowest BCUT2D eigenvalue weighted by atomic mass is 10.1. The van der Waals surface area contributed by atoms with Crippen molar-refractivity contribution in [2.24, 2.45) is 0 Å². The number of pyridine rings is 1. The lowest BCUT2D eigenvalue weighted by Crippen LogP contribution is -2.12. The van der Waals surface area contributed by atoms with E-state index in [2.05, 4.69) is 10.3 Å². The summed E-state index contributed by atoms with van der Waals surface area (Å²) in [5.74, 6) is 0.494. The van der Waals surface area contributed by atoms with E-state index in [0.717, 1.165) is 5.56 Å². The van der Waals surface area contributed by atoms with Crippen molar-refractivity contribution in [3.05, 3.63) is 23.9 Å². The van der Waals surface area contributed by atoms with Crippen LogP contribution < -0.4 is 10.1 Å². The van der Waals surface area contributed by atoms with E-state index < -0.39 is 6.09 Å². The number of aromatic nitrogens is 1. The fraction of sp³-hybridized carbons (Fsp3) is 0.333. The predicted octanol–water partition coefficient (Wildman–Crippen LogP) is 0.871. The summed E-state index contributed by atoms with van der Waals surface area (Å²) >= 11 is 0. The summed E-state index contributed by atoms with van der Waals surface area (Å²) in [5, 5.41) is 2.57. The molecule has 2 rings (SSSR count). The maximum atomic E-state index is 10.8. The van der Waals surface area contributed by atoms with Gasteiger partial charge in [0.15, 0.2) is 6.10 Å². The SMILES string of the molecule is COc1ncccc1C1CNC(=O)O1. The van der Waals surface area contributed by atoms with E-state index in [1.54, 1.807) is 12.3 Å². The van der Waals surface area contributed by atoms with E-state index in [4.69, 9.17) is 9.47 Å². The maximum absolute atomic E-state index is 10.8. The Morgan fingerprint density at radius 1 is 1.71 bits per heavy atom. The topological polar surface area (TPSA) is 60.5 Å². The number of hydrogen-bond acceptors (Lipinski definition) is 4. The van der Waals surface area contributed by atoms with E-state index in [0.29, 0.717) is 12.4 Å². The first-order valence-electron chi connectivity index (χ1n) is 4.24. The lowest BCUT2D eigenvalue weighted by molar-refractivity contribution is 0.139. The van der Waals surface area contributed by atoms with Gasteiger partial charge in [-0.15, -0.1) is 0 Å². The second-order valence-corrected chi connectivity index (χ2v) is 2.88. The molecule has 1 unspecified atom stereocenters. The van der Waals surface area contributed by atoms with Gasteiger partial charge in [-0.25, -0.2) is 9.78 Å². The van der Waals surface area contributed by atoms with Crippen LogP contribution in [0.5, 0.6) is 5.88 Å². The third-order valence-electron chi connectivity index (χ3n) is 2.02. The molecule has 1 aromatic heterocycles. The van der Waals surface area contributed by atoms with Crippen molar-refractivity contribution in [3.8, 4) is 5.88 Å². The van der Waals surface area contributed by atoms with Crippen LogP contribution in [0.1, 0.15) is 11.7 Å². The number of nitrogens with zero attached hydrogens (tertiary/aromatic N) is 1. The summed E-state index contributed by atoms with van der Waals surface area (Å²) in [4.78, 5) is 14.9. The number of alkyl carbamates (subject to hydrolysis) is 1. The summed E-state index contributed by atoms with van der Waals surface area (Å²) in [6.07, 6.45) is 0.930. The minimum absolute atomic E-state index is 0.300. The van der Waals surface area contributed by atoms with E-state index in [1.807, 2.05) is 6.07 Å². The van der Waals surface area contributed by atoms with Gasteiger partial charge in [0.1, 0.15) is 0 Å².